The second-order valence-electron chi connectivity index (χ2n) is 2.49. The number of hydrogen-bond donors (Lipinski definition) is 3. The van der Waals surface area contributed by atoms with Crippen molar-refractivity contribution in [2.24, 2.45) is 11.5 Å². The van der Waals surface area contributed by atoms with Gasteiger partial charge in [-0.2, -0.15) is 0 Å². The monoisotopic (exact) mass is 186 g/mol. The summed E-state index contributed by atoms with van der Waals surface area (Å²) in [5.41, 5.74) is 17.8. The average Bonchev–Trinajstić information content (AvgIpc) is 2.08. The maximum Gasteiger partial charge on any atom is 0.151 e. The van der Waals surface area contributed by atoms with Crippen LogP contribution < -0.4 is 17.2 Å². The zero-order chi connectivity index (χ0) is 9.14. The second-order valence-corrected chi connectivity index (χ2v) is 2.85. The summed E-state index contributed by atoms with van der Waals surface area (Å²) in [5, 5.41) is 0.294. The lowest BCUT2D eigenvalue weighted by molar-refractivity contribution is 0.733. The molecule has 6 N–H and O–H groups in total. The minimum Gasteiger partial charge on any atom is -0.396 e. The normalized spacial score (nSPS) is 12.9. The van der Waals surface area contributed by atoms with Crippen LogP contribution in [0.25, 0.3) is 0 Å². The molecule has 0 radical (unpaired) electrons. The van der Waals surface area contributed by atoms with Crippen LogP contribution in [-0.4, -0.2) is 11.5 Å². The Morgan fingerprint density at radius 1 is 1.58 bits per heavy atom. The lowest BCUT2D eigenvalue weighted by Crippen LogP contribution is -2.21. The summed E-state index contributed by atoms with van der Waals surface area (Å²) >= 11 is 5.62. The predicted molar refractivity (Wildman–Crippen MR) is 49.6 cm³/mol. The molecule has 66 valence electrons. The zero-order valence-electron chi connectivity index (χ0n) is 6.50. The highest BCUT2D eigenvalue weighted by Crippen LogP contribution is 2.18. The lowest BCUT2D eigenvalue weighted by Gasteiger charge is -2.09. The molecule has 4 nitrogen and oxygen atoms in total. The molecule has 0 aromatic carbocycles. The third-order valence-corrected chi connectivity index (χ3v) is 1.89. The van der Waals surface area contributed by atoms with E-state index >= 15 is 0 Å². The van der Waals surface area contributed by atoms with E-state index < -0.39 is 0 Å². The van der Waals surface area contributed by atoms with E-state index in [0.717, 1.165) is 5.56 Å². The van der Waals surface area contributed by atoms with Gasteiger partial charge in [-0.1, -0.05) is 11.6 Å². The summed E-state index contributed by atoms with van der Waals surface area (Å²) in [7, 11) is 0. The number of nitrogen functional groups attached to an aromatic ring is 1. The molecular weight excluding hydrogens is 176 g/mol. The van der Waals surface area contributed by atoms with E-state index in [4.69, 9.17) is 28.8 Å². The van der Waals surface area contributed by atoms with Crippen LogP contribution in [0.4, 0.5) is 5.69 Å². The number of halogens is 1. The molecule has 0 bridgehead atoms. The highest BCUT2D eigenvalue weighted by atomic mass is 35.5. The first kappa shape index (κ1) is 9.25. The number of nitrogens with two attached hydrogens (primary N) is 3. The van der Waals surface area contributed by atoms with Gasteiger partial charge < -0.3 is 17.2 Å². The van der Waals surface area contributed by atoms with Crippen LogP contribution in [0.1, 0.15) is 11.6 Å². The Kier molecular flexibility index (Phi) is 2.86. The maximum atomic E-state index is 5.65. The van der Waals surface area contributed by atoms with Gasteiger partial charge in [0.15, 0.2) is 5.15 Å². The first-order valence-electron chi connectivity index (χ1n) is 3.51. The molecule has 0 aliphatic heterocycles. The van der Waals surface area contributed by atoms with E-state index in [1.165, 1.54) is 0 Å². The minimum absolute atomic E-state index is 0.225. The van der Waals surface area contributed by atoms with Gasteiger partial charge in [0.2, 0.25) is 0 Å². The van der Waals surface area contributed by atoms with E-state index in [9.17, 15) is 0 Å². The molecule has 12 heavy (non-hydrogen) atoms. The predicted octanol–water partition coefficient (Wildman–Crippen LogP) is 0.276. The van der Waals surface area contributed by atoms with Crippen LogP contribution >= 0.6 is 11.6 Å². The molecular formula is C7H11ClN4. The average molecular weight is 187 g/mol. The van der Waals surface area contributed by atoms with Crippen LogP contribution in [0.3, 0.4) is 0 Å². The highest BCUT2D eigenvalue weighted by Gasteiger charge is 2.05. The van der Waals surface area contributed by atoms with Gasteiger partial charge in [0.1, 0.15) is 0 Å². The van der Waals surface area contributed by atoms with Crippen molar-refractivity contribution in [3.63, 3.8) is 0 Å². The highest BCUT2D eigenvalue weighted by molar-refractivity contribution is 6.31. The topological polar surface area (TPSA) is 91.0 Å². The van der Waals surface area contributed by atoms with E-state index in [0.29, 0.717) is 17.4 Å². The first-order valence-corrected chi connectivity index (χ1v) is 3.89. The lowest BCUT2D eigenvalue weighted by atomic mass is 10.1. The van der Waals surface area contributed by atoms with Crippen LogP contribution in [0.5, 0.6) is 0 Å². The third kappa shape index (κ3) is 1.85. The molecule has 0 fully saturated rings. The Morgan fingerprint density at radius 3 is 2.75 bits per heavy atom. The smallest absolute Gasteiger partial charge is 0.151 e. The van der Waals surface area contributed by atoms with E-state index in [1.807, 2.05) is 0 Å². The van der Waals surface area contributed by atoms with Crippen LogP contribution in [-0.2, 0) is 0 Å². The van der Waals surface area contributed by atoms with E-state index in [1.54, 1.807) is 12.3 Å². The Morgan fingerprint density at radius 2 is 2.25 bits per heavy atom. The van der Waals surface area contributed by atoms with Gasteiger partial charge in [-0.05, 0) is 11.6 Å². The SMILES string of the molecule is NC[C@@H](N)c1cnc(Cl)c(N)c1. The van der Waals surface area contributed by atoms with Gasteiger partial charge in [-0.15, -0.1) is 0 Å². The Balaban J connectivity index is 2.96. The number of anilines is 1. The molecule has 1 aromatic heterocycles. The minimum atomic E-state index is -0.225. The molecule has 0 unspecified atom stereocenters. The molecule has 1 rings (SSSR count). The number of aromatic nitrogens is 1. The van der Waals surface area contributed by atoms with Gasteiger partial charge in [-0.3, -0.25) is 0 Å². The first-order chi connectivity index (χ1) is 5.65. The van der Waals surface area contributed by atoms with Crippen molar-refractivity contribution in [1.82, 2.24) is 4.98 Å². The summed E-state index contributed by atoms with van der Waals surface area (Å²) in [4.78, 5) is 3.85. The summed E-state index contributed by atoms with van der Waals surface area (Å²) in [6, 6.07) is 1.46. The van der Waals surface area contributed by atoms with Crippen molar-refractivity contribution in [2.75, 3.05) is 12.3 Å². The molecule has 0 spiro atoms. The number of pyridine rings is 1. The van der Waals surface area contributed by atoms with Crippen molar-refractivity contribution in [3.05, 3.63) is 23.0 Å². The number of nitrogens with zero attached hydrogens (tertiary/aromatic N) is 1. The van der Waals surface area contributed by atoms with Crippen LogP contribution in [0, 0.1) is 0 Å². The molecule has 1 heterocycles. The number of hydrogen-bond acceptors (Lipinski definition) is 4. The number of rotatable bonds is 2. The van der Waals surface area contributed by atoms with Crippen molar-refractivity contribution in [3.8, 4) is 0 Å². The molecule has 1 atom stereocenters. The molecule has 1 aromatic rings. The third-order valence-electron chi connectivity index (χ3n) is 1.57. The Hall–Kier alpha value is -0.840. The molecule has 0 saturated carbocycles. The second kappa shape index (κ2) is 3.71. The fourth-order valence-corrected chi connectivity index (χ4v) is 0.924. The molecule has 0 aliphatic carbocycles. The van der Waals surface area contributed by atoms with Gasteiger partial charge in [0.05, 0.1) is 5.69 Å². The quantitative estimate of drug-likeness (QED) is 0.579. The van der Waals surface area contributed by atoms with Crippen LogP contribution in [0.15, 0.2) is 12.3 Å². The van der Waals surface area contributed by atoms with Crippen molar-refractivity contribution >= 4 is 17.3 Å². The largest absolute Gasteiger partial charge is 0.396 e. The fraction of sp³-hybridized carbons (Fsp3) is 0.286. The Bertz CT molecular complexity index is 276. The molecule has 0 saturated heterocycles. The summed E-state index contributed by atoms with van der Waals surface area (Å²) in [6.45, 7) is 0.364. The molecule has 0 aliphatic rings. The zero-order valence-corrected chi connectivity index (χ0v) is 7.25. The van der Waals surface area contributed by atoms with Gasteiger partial charge in [-0.25, -0.2) is 4.98 Å². The van der Waals surface area contributed by atoms with E-state index in [2.05, 4.69) is 4.98 Å². The summed E-state index contributed by atoms with van der Waals surface area (Å²) in [6.07, 6.45) is 1.58. The summed E-state index contributed by atoms with van der Waals surface area (Å²) < 4.78 is 0. The fourth-order valence-electron chi connectivity index (χ4n) is 0.821. The van der Waals surface area contributed by atoms with Crippen molar-refractivity contribution < 1.29 is 0 Å². The Labute approximate surface area is 75.7 Å². The standard InChI is InChI=1S/C7H11ClN4/c8-7-5(10)1-4(3-12-7)6(11)2-9/h1,3,6H,2,9-11H2/t6-/m1/s1. The van der Waals surface area contributed by atoms with Crippen molar-refractivity contribution in [2.45, 2.75) is 6.04 Å². The summed E-state index contributed by atoms with van der Waals surface area (Å²) in [5.74, 6) is 0. The molecule has 0 amide bonds. The molecule has 5 heteroatoms. The van der Waals surface area contributed by atoms with Gasteiger partial charge >= 0.3 is 0 Å². The van der Waals surface area contributed by atoms with Crippen molar-refractivity contribution in [1.29, 1.82) is 0 Å². The van der Waals surface area contributed by atoms with Gasteiger partial charge in [0, 0.05) is 18.8 Å². The van der Waals surface area contributed by atoms with Crippen LogP contribution in [0.2, 0.25) is 5.15 Å². The maximum absolute atomic E-state index is 5.65. The van der Waals surface area contributed by atoms with E-state index in [-0.39, 0.29) is 6.04 Å². The van der Waals surface area contributed by atoms with Gasteiger partial charge in [0.25, 0.3) is 0 Å².